The minimum Gasteiger partial charge on any atom is -0.303 e. The van der Waals surface area contributed by atoms with Crippen molar-refractivity contribution in [3.8, 4) is 0 Å². The maximum Gasteiger partial charge on any atom is 0.178 e. The van der Waals surface area contributed by atoms with Crippen LogP contribution in [0.4, 0.5) is 0 Å². The quantitative estimate of drug-likeness (QED) is 0.947. The van der Waals surface area contributed by atoms with E-state index in [9.17, 15) is 8.42 Å². The number of hydrogen-bond donors (Lipinski definition) is 1. The molecule has 4 nitrogen and oxygen atoms in total. The molecule has 1 N–H and O–H groups in total. The van der Waals surface area contributed by atoms with E-state index >= 15 is 0 Å². The number of rotatable bonds is 3. The lowest BCUT2D eigenvalue weighted by Gasteiger charge is -2.29. The molecule has 0 amide bonds. The molecule has 1 aromatic heterocycles. The molecular weight excluding hydrogens is 284 g/mol. The van der Waals surface area contributed by atoms with Gasteiger partial charge in [0.15, 0.2) is 9.84 Å². The highest BCUT2D eigenvalue weighted by Gasteiger charge is 2.30. The molecule has 1 unspecified atom stereocenters. The zero-order valence-corrected chi connectivity index (χ0v) is 12.7. The lowest BCUT2D eigenvalue weighted by Crippen LogP contribution is -2.31. The van der Waals surface area contributed by atoms with Crippen molar-refractivity contribution in [1.82, 2.24) is 10.3 Å². The fourth-order valence-electron chi connectivity index (χ4n) is 2.79. The zero-order valence-electron chi connectivity index (χ0n) is 11.9. The second-order valence-electron chi connectivity index (χ2n) is 5.37. The lowest BCUT2D eigenvalue weighted by atomic mass is 10.0. The van der Waals surface area contributed by atoms with E-state index in [4.69, 9.17) is 0 Å². The molecule has 1 aliphatic heterocycles. The lowest BCUT2D eigenvalue weighted by molar-refractivity contribution is 0.440. The fraction of sp³-hybridized carbons (Fsp3) is 0.312. The number of aromatic nitrogens is 1. The van der Waals surface area contributed by atoms with Gasteiger partial charge in [0.1, 0.15) is 0 Å². The molecule has 0 spiro atoms. The molecule has 2 aromatic rings. The van der Waals surface area contributed by atoms with Gasteiger partial charge in [-0.15, -0.1) is 0 Å². The van der Waals surface area contributed by atoms with Gasteiger partial charge in [-0.25, -0.2) is 8.42 Å². The van der Waals surface area contributed by atoms with Crippen molar-refractivity contribution in [1.29, 1.82) is 0 Å². The Morgan fingerprint density at radius 2 is 2.05 bits per heavy atom. The Hall–Kier alpha value is -1.72. The average molecular weight is 302 g/mol. The minimum atomic E-state index is -3.13. The highest BCUT2D eigenvalue weighted by molar-refractivity contribution is 7.91. The number of hydrogen-bond acceptors (Lipinski definition) is 4. The van der Waals surface area contributed by atoms with Gasteiger partial charge in [0, 0.05) is 24.5 Å². The van der Waals surface area contributed by atoms with E-state index in [1.807, 2.05) is 30.5 Å². The molecular formula is C16H18N2O2S. The number of fused-ring (bicyclic) bond motifs is 1. The minimum absolute atomic E-state index is 0.0555. The van der Waals surface area contributed by atoms with Crippen molar-refractivity contribution < 1.29 is 8.42 Å². The van der Waals surface area contributed by atoms with Crippen LogP contribution in [0.5, 0.6) is 0 Å². The van der Waals surface area contributed by atoms with Gasteiger partial charge in [0.2, 0.25) is 0 Å². The van der Waals surface area contributed by atoms with Crippen LogP contribution in [0.15, 0.2) is 53.7 Å². The van der Waals surface area contributed by atoms with E-state index in [-0.39, 0.29) is 17.8 Å². The molecule has 2 atom stereocenters. The summed E-state index contributed by atoms with van der Waals surface area (Å²) >= 11 is 0. The molecule has 0 saturated carbocycles. The summed E-state index contributed by atoms with van der Waals surface area (Å²) in [5, 5.41) is 3.52. The SMILES string of the molecule is C[C@@H](NC1CCS(=O)(=O)c2ccccc21)c1cccnc1. The van der Waals surface area contributed by atoms with Crippen molar-refractivity contribution in [2.45, 2.75) is 30.3 Å². The van der Waals surface area contributed by atoms with Gasteiger partial charge in [0.05, 0.1) is 10.6 Å². The van der Waals surface area contributed by atoms with Crippen LogP contribution in [0.2, 0.25) is 0 Å². The van der Waals surface area contributed by atoms with Crippen molar-refractivity contribution in [2.75, 3.05) is 5.75 Å². The van der Waals surface area contributed by atoms with Gasteiger partial charge in [-0.05, 0) is 36.6 Å². The Morgan fingerprint density at radius 1 is 1.24 bits per heavy atom. The summed E-state index contributed by atoms with van der Waals surface area (Å²) < 4.78 is 24.3. The first-order valence-electron chi connectivity index (χ1n) is 7.05. The molecule has 2 heterocycles. The summed E-state index contributed by atoms with van der Waals surface area (Å²) in [4.78, 5) is 4.60. The Kier molecular flexibility index (Phi) is 3.78. The van der Waals surface area contributed by atoms with Crippen LogP contribution in [0.1, 0.15) is 36.6 Å². The van der Waals surface area contributed by atoms with Crippen LogP contribution in [0.3, 0.4) is 0 Å². The monoisotopic (exact) mass is 302 g/mol. The topological polar surface area (TPSA) is 59.1 Å². The van der Waals surface area contributed by atoms with Gasteiger partial charge in [-0.2, -0.15) is 0 Å². The maximum absolute atomic E-state index is 12.1. The molecule has 21 heavy (non-hydrogen) atoms. The van der Waals surface area contributed by atoms with Crippen LogP contribution in [-0.2, 0) is 9.84 Å². The van der Waals surface area contributed by atoms with Gasteiger partial charge in [-0.3, -0.25) is 4.98 Å². The number of nitrogens with one attached hydrogen (secondary N) is 1. The average Bonchev–Trinajstić information content (AvgIpc) is 2.51. The molecule has 110 valence electrons. The number of benzene rings is 1. The second kappa shape index (κ2) is 5.58. The zero-order chi connectivity index (χ0) is 14.9. The van der Waals surface area contributed by atoms with Crippen molar-refractivity contribution in [2.24, 2.45) is 0 Å². The largest absolute Gasteiger partial charge is 0.303 e. The van der Waals surface area contributed by atoms with Crippen LogP contribution in [-0.4, -0.2) is 19.2 Å². The maximum atomic E-state index is 12.1. The van der Waals surface area contributed by atoms with Gasteiger partial charge >= 0.3 is 0 Å². The van der Waals surface area contributed by atoms with Crippen molar-refractivity contribution >= 4 is 9.84 Å². The van der Waals surface area contributed by atoms with Crippen molar-refractivity contribution in [3.63, 3.8) is 0 Å². The smallest absolute Gasteiger partial charge is 0.178 e. The highest BCUT2D eigenvalue weighted by atomic mass is 32.2. The van der Waals surface area contributed by atoms with E-state index in [1.165, 1.54) is 0 Å². The summed E-state index contributed by atoms with van der Waals surface area (Å²) in [5.74, 6) is 0.196. The molecule has 1 aromatic carbocycles. The van der Waals surface area contributed by atoms with E-state index in [1.54, 1.807) is 18.3 Å². The molecule has 3 rings (SSSR count). The van der Waals surface area contributed by atoms with E-state index in [0.29, 0.717) is 11.3 Å². The Balaban J connectivity index is 1.88. The summed E-state index contributed by atoms with van der Waals surface area (Å²) in [6.07, 6.45) is 4.19. The molecule has 5 heteroatoms. The first-order valence-corrected chi connectivity index (χ1v) is 8.71. The fourth-order valence-corrected chi connectivity index (χ4v) is 4.41. The van der Waals surface area contributed by atoms with Crippen LogP contribution in [0.25, 0.3) is 0 Å². The molecule has 0 saturated heterocycles. The van der Waals surface area contributed by atoms with Crippen LogP contribution >= 0.6 is 0 Å². The first kappa shape index (κ1) is 14.2. The van der Waals surface area contributed by atoms with E-state index in [0.717, 1.165) is 11.1 Å². The van der Waals surface area contributed by atoms with Crippen molar-refractivity contribution in [3.05, 3.63) is 59.9 Å². The Morgan fingerprint density at radius 3 is 2.81 bits per heavy atom. The highest BCUT2D eigenvalue weighted by Crippen LogP contribution is 2.33. The number of sulfone groups is 1. The predicted octanol–water partition coefficient (Wildman–Crippen LogP) is 2.65. The summed E-state index contributed by atoms with van der Waals surface area (Å²) in [6.45, 7) is 2.07. The molecule has 0 bridgehead atoms. The van der Waals surface area contributed by atoms with E-state index in [2.05, 4.69) is 17.2 Å². The third-order valence-corrected chi connectivity index (χ3v) is 5.76. The van der Waals surface area contributed by atoms with Crippen LogP contribution < -0.4 is 5.32 Å². The molecule has 0 radical (unpaired) electrons. The van der Waals surface area contributed by atoms with E-state index < -0.39 is 9.84 Å². The second-order valence-corrected chi connectivity index (χ2v) is 7.45. The molecule has 0 fully saturated rings. The predicted molar refractivity (Wildman–Crippen MR) is 81.6 cm³/mol. The summed E-state index contributed by atoms with van der Waals surface area (Å²) in [7, 11) is -3.13. The van der Waals surface area contributed by atoms with Crippen LogP contribution in [0, 0.1) is 0 Å². The summed E-state index contributed by atoms with van der Waals surface area (Å²) in [5.41, 5.74) is 1.97. The number of pyridine rings is 1. The Labute approximate surface area is 125 Å². The standard InChI is InChI=1S/C16H18N2O2S/c1-12(13-5-4-9-17-11-13)18-15-8-10-21(19,20)16-7-3-2-6-14(15)16/h2-7,9,11-12,15,18H,8,10H2,1H3/t12-,15?/m1/s1. The number of nitrogens with zero attached hydrogens (tertiary/aromatic N) is 1. The Bertz CT molecular complexity index is 729. The normalized spacial score (nSPS) is 21.5. The first-order chi connectivity index (χ1) is 10.1. The molecule has 1 aliphatic rings. The third kappa shape index (κ3) is 2.84. The molecule has 0 aliphatic carbocycles. The van der Waals surface area contributed by atoms with Gasteiger partial charge in [0.25, 0.3) is 0 Å². The van der Waals surface area contributed by atoms with Gasteiger partial charge in [-0.1, -0.05) is 24.3 Å². The van der Waals surface area contributed by atoms with Gasteiger partial charge < -0.3 is 5.32 Å². The third-order valence-electron chi connectivity index (χ3n) is 3.94. The summed E-state index contributed by atoms with van der Waals surface area (Å²) in [6, 6.07) is 11.4.